The first kappa shape index (κ1) is 14.3. The van der Waals surface area contributed by atoms with Crippen LogP contribution >= 0.6 is 22.6 Å². The summed E-state index contributed by atoms with van der Waals surface area (Å²) in [7, 11) is 0. The summed E-state index contributed by atoms with van der Waals surface area (Å²) >= 11 is 2.06. The molecule has 0 saturated carbocycles. The molecule has 94 valence electrons. The molecule has 1 rings (SSSR count). The van der Waals surface area contributed by atoms with E-state index in [-0.39, 0.29) is 24.4 Å². The molecule has 5 heteroatoms. The maximum absolute atomic E-state index is 12.7. The summed E-state index contributed by atoms with van der Waals surface area (Å²) in [5.41, 5.74) is 0.509. The van der Waals surface area contributed by atoms with E-state index in [0.717, 1.165) is 3.57 Å². The molecule has 0 atom stereocenters. The molecule has 0 radical (unpaired) electrons. The molecule has 0 bridgehead atoms. The van der Waals surface area contributed by atoms with Crippen LogP contribution in [0.2, 0.25) is 0 Å². The van der Waals surface area contributed by atoms with Gasteiger partial charge in [-0.05, 0) is 53.6 Å². The number of halogens is 3. The van der Waals surface area contributed by atoms with E-state index in [2.05, 4.69) is 22.6 Å². The fourth-order valence-electron chi connectivity index (χ4n) is 1.47. The summed E-state index contributed by atoms with van der Waals surface area (Å²) < 4.78 is 31.1. The minimum atomic E-state index is -2.51. The Morgan fingerprint density at radius 2 is 2.18 bits per heavy atom. The van der Waals surface area contributed by atoms with Crippen LogP contribution in [-0.2, 0) is 16.0 Å². The summed E-state index contributed by atoms with van der Waals surface area (Å²) in [6, 6.07) is 4.73. The largest absolute Gasteiger partial charge is 0.466 e. The van der Waals surface area contributed by atoms with Crippen molar-refractivity contribution >= 4 is 28.6 Å². The molecule has 0 aromatic heterocycles. The molecule has 0 unspecified atom stereocenters. The van der Waals surface area contributed by atoms with Crippen LogP contribution in [0.25, 0.3) is 0 Å². The average Bonchev–Trinajstić information content (AvgIpc) is 2.26. The normalized spacial score (nSPS) is 10.6. The van der Waals surface area contributed by atoms with Crippen LogP contribution < -0.4 is 0 Å². The van der Waals surface area contributed by atoms with Crippen LogP contribution in [0.4, 0.5) is 8.78 Å². The van der Waals surface area contributed by atoms with Gasteiger partial charge in [0.05, 0.1) is 6.61 Å². The third-order valence-electron chi connectivity index (χ3n) is 2.24. The van der Waals surface area contributed by atoms with Crippen molar-refractivity contribution in [1.82, 2.24) is 0 Å². The molecule has 0 aliphatic carbocycles. The molecule has 1 aromatic carbocycles. The first-order valence-corrected chi connectivity index (χ1v) is 6.34. The van der Waals surface area contributed by atoms with Crippen LogP contribution in [0.3, 0.4) is 0 Å². The fraction of sp³-hybridized carbons (Fsp3) is 0.417. The Morgan fingerprint density at radius 1 is 1.47 bits per heavy atom. The van der Waals surface area contributed by atoms with Gasteiger partial charge in [-0.2, -0.15) is 0 Å². The lowest BCUT2D eigenvalue weighted by Crippen LogP contribution is -2.06. The number of aryl methyl sites for hydroxylation is 1. The van der Waals surface area contributed by atoms with Gasteiger partial charge in [-0.3, -0.25) is 4.79 Å². The SMILES string of the molecule is CCOC(=O)CCc1cc(I)ccc1C(F)F. The standard InChI is InChI=1S/C12H13F2IO2/c1-2-17-11(16)6-3-8-7-9(15)4-5-10(8)12(13)14/h4-5,7,12H,2-3,6H2,1H3. The third-order valence-corrected chi connectivity index (χ3v) is 2.91. The second kappa shape index (κ2) is 6.88. The molecule has 0 amide bonds. The Bertz CT molecular complexity index is 394. The Hall–Kier alpha value is -0.720. The van der Waals surface area contributed by atoms with E-state index in [1.54, 1.807) is 19.1 Å². The van der Waals surface area contributed by atoms with Gasteiger partial charge in [0.1, 0.15) is 0 Å². The number of carbonyl (C=O) groups is 1. The van der Waals surface area contributed by atoms with Gasteiger partial charge in [-0.25, -0.2) is 8.78 Å². The highest BCUT2D eigenvalue weighted by Gasteiger charge is 2.14. The number of hydrogen-bond acceptors (Lipinski definition) is 2. The van der Waals surface area contributed by atoms with E-state index >= 15 is 0 Å². The minimum Gasteiger partial charge on any atom is -0.466 e. The summed E-state index contributed by atoms with van der Waals surface area (Å²) in [5, 5.41) is 0. The zero-order valence-corrected chi connectivity index (χ0v) is 11.5. The molecule has 0 spiro atoms. The maximum atomic E-state index is 12.7. The third kappa shape index (κ3) is 4.57. The molecule has 1 aromatic rings. The molecule has 0 N–H and O–H groups in total. The number of hydrogen-bond donors (Lipinski definition) is 0. The van der Waals surface area contributed by atoms with E-state index in [4.69, 9.17) is 4.74 Å². The Balaban J connectivity index is 2.75. The fourth-order valence-corrected chi connectivity index (χ4v) is 2.03. The molecule has 0 saturated heterocycles. The number of ether oxygens (including phenoxy) is 1. The first-order chi connectivity index (χ1) is 8.04. The van der Waals surface area contributed by atoms with E-state index in [0.29, 0.717) is 12.2 Å². The second-order valence-corrected chi connectivity index (χ2v) is 4.69. The van der Waals surface area contributed by atoms with Gasteiger partial charge in [-0.15, -0.1) is 0 Å². The highest BCUT2D eigenvalue weighted by Crippen LogP contribution is 2.25. The maximum Gasteiger partial charge on any atom is 0.306 e. The summed E-state index contributed by atoms with van der Waals surface area (Å²) in [6.07, 6.45) is -2.09. The average molecular weight is 354 g/mol. The molecular formula is C12H13F2IO2. The molecule has 17 heavy (non-hydrogen) atoms. The molecule has 0 heterocycles. The van der Waals surface area contributed by atoms with Crippen molar-refractivity contribution < 1.29 is 18.3 Å². The van der Waals surface area contributed by atoms with Gasteiger partial charge in [0.15, 0.2) is 0 Å². The molecular weight excluding hydrogens is 341 g/mol. The second-order valence-electron chi connectivity index (χ2n) is 3.45. The summed E-state index contributed by atoms with van der Waals surface area (Å²) in [4.78, 5) is 11.2. The monoisotopic (exact) mass is 354 g/mol. The zero-order valence-electron chi connectivity index (χ0n) is 9.38. The van der Waals surface area contributed by atoms with Crippen LogP contribution in [0, 0.1) is 3.57 Å². The smallest absolute Gasteiger partial charge is 0.306 e. The van der Waals surface area contributed by atoms with Crippen molar-refractivity contribution in [1.29, 1.82) is 0 Å². The van der Waals surface area contributed by atoms with Crippen molar-refractivity contribution in [2.24, 2.45) is 0 Å². The van der Waals surface area contributed by atoms with Crippen molar-refractivity contribution in [2.75, 3.05) is 6.61 Å². The van der Waals surface area contributed by atoms with Gasteiger partial charge < -0.3 is 4.74 Å². The van der Waals surface area contributed by atoms with Crippen LogP contribution in [0.15, 0.2) is 18.2 Å². The Morgan fingerprint density at radius 3 is 2.76 bits per heavy atom. The molecule has 0 fully saturated rings. The van der Waals surface area contributed by atoms with Crippen LogP contribution in [0.5, 0.6) is 0 Å². The van der Waals surface area contributed by atoms with Gasteiger partial charge in [0.2, 0.25) is 0 Å². The topological polar surface area (TPSA) is 26.3 Å². The lowest BCUT2D eigenvalue weighted by Gasteiger charge is -2.09. The van der Waals surface area contributed by atoms with Gasteiger partial charge >= 0.3 is 5.97 Å². The number of carbonyl (C=O) groups excluding carboxylic acids is 1. The minimum absolute atomic E-state index is 0.00489. The van der Waals surface area contributed by atoms with Crippen molar-refractivity contribution in [3.05, 3.63) is 32.9 Å². The van der Waals surface area contributed by atoms with Crippen molar-refractivity contribution in [3.63, 3.8) is 0 Å². The van der Waals surface area contributed by atoms with Gasteiger partial charge in [0.25, 0.3) is 6.43 Å². The summed E-state index contributed by atoms with van der Waals surface area (Å²) in [6.45, 7) is 2.03. The number of esters is 1. The number of alkyl halides is 2. The number of rotatable bonds is 5. The van der Waals surface area contributed by atoms with Crippen LogP contribution in [-0.4, -0.2) is 12.6 Å². The van der Waals surface area contributed by atoms with Gasteiger partial charge in [-0.1, -0.05) is 6.07 Å². The highest BCUT2D eigenvalue weighted by molar-refractivity contribution is 14.1. The highest BCUT2D eigenvalue weighted by atomic mass is 127. The summed E-state index contributed by atoms with van der Waals surface area (Å²) in [5.74, 6) is -0.355. The molecule has 2 nitrogen and oxygen atoms in total. The van der Waals surface area contributed by atoms with Gasteiger partial charge in [0, 0.05) is 15.6 Å². The van der Waals surface area contributed by atoms with Crippen molar-refractivity contribution in [3.8, 4) is 0 Å². The van der Waals surface area contributed by atoms with E-state index in [9.17, 15) is 13.6 Å². The van der Waals surface area contributed by atoms with Crippen molar-refractivity contribution in [2.45, 2.75) is 26.2 Å². The number of benzene rings is 1. The quantitative estimate of drug-likeness (QED) is 0.595. The lowest BCUT2D eigenvalue weighted by molar-refractivity contribution is -0.143. The van der Waals surface area contributed by atoms with E-state index in [1.807, 2.05) is 0 Å². The zero-order chi connectivity index (χ0) is 12.8. The molecule has 0 aliphatic heterocycles. The van der Waals surface area contributed by atoms with Crippen LogP contribution in [0.1, 0.15) is 30.9 Å². The Kier molecular flexibility index (Phi) is 5.80. The lowest BCUT2D eigenvalue weighted by atomic mass is 10.0. The predicted octanol–water partition coefficient (Wildman–Crippen LogP) is 3.72. The predicted molar refractivity (Wildman–Crippen MR) is 69.1 cm³/mol. The first-order valence-electron chi connectivity index (χ1n) is 5.26. The van der Waals surface area contributed by atoms with E-state index < -0.39 is 6.43 Å². The van der Waals surface area contributed by atoms with E-state index in [1.165, 1.54) is 6.07 Å². The molecule has 0 aliphatic rings. The Labute approximate surface area is 112 Å².